The van der Waals surface area contributed by atoms with Gasteiger partial charge in [0.15, 0.2) is 6.10 Å². The van der Waals surface area contributed by atoms with E-state index in [1.165, 1.54) is 25.7 Å². The van der Waals surface area contributed by atoms with Crippen molar-refractivity contribution in [1.82, 2.24) is 0 Å². The monoisotopic (exact) mass is 1450 g/mol. The Morgan fingerprint density at radius 1 is 0.277 bits per heavy atom. The van der Waals surface area contributed by atoms with Gasteiger partial charge in [0.05, 0.1) is 26.4 Å². The van der Waals surface area contributed by atoms with Crippen molar-refractivity contribution in [3.63, 3.8) is 0 Å². The molecule has 5 atom stereocenters. The van der Waals surface area contributed by atoms with Crippen molar-refractivity contribution in [2.45, 2.75) is 296 Å². The first-order valence-corrected chi connectivity index (χ1v) is 41.4. The minimum absolute atomic E-state index is 0.0777. The topological polar surface area (TPSA) is 231 Å². The van der Waals surface area contributed by atoms with E-state index in [1.54, 1.807) is 0 Å². The third-order valence-corrected chi connectivity index (χ3v) is 17.3. The highest BCUT2D eigenvalue weighted by Crippen LogP contribution is 2.45. The van der Waals surface area contributed by atoms with Gasteiger partial charge in [0.25, 0.3) is 0 Å². The summed E-state index contributed by atoms with van der Waals surface area (Å²) in [4.78, 5) is 58.6. The molecule has 18 heteroatoms. The predicted octanol–water partition coefficient (Wildman–Crippen LogP) is 22.4. The summed E-state index contributed by atoms with van der Waals surface area (Å²) in [5, 5.41) is 20.6. The summed E-state index contributed by atoms with van der Waals surface area (Å²) in [5.74, 6) is -1.62. The quantitative estimate of drug-likeness (QED) is 0.0146. The van der Waals surface area contributed by atoms with Crippen LogP contribution >= 0.6 is 15.6 Å². The lowest BCUT2D eigenvalue weighted by Crippen LogP contribution is -2.30. The number of esters is 3. The molecule has 101 heavy (non-hydrogen) atoms. The van der Waals surface area contributed by atoms with Crippen LogP contribution in [0.1, 0.15) is 278 Å². The first kappa shape index (κ1) is 95.9. The minimum Gasteiger partial charge on any atom is -0.463 e. The molecule has 0 aromatic carbocycles. The summed E-state index contributed by atoms with van der Waals surface area (Å²) in [7, 11) is -9.81. The maximum absolute atomic E-state index is 13.0. The van der Waals surface area contributed by atoms with E-state index in [9.17, 15) is 43.5 Å². The number of phosphoric ester groups is 2. The summed E-state index contributed by atoms with van der Waals surface area (Å²) >= 11 is 0. The molecule has 4 N–H and O–H groups in total. The third-order valence-electron chi connectivity index (χ3n) is 15.4. The molecule has 0 saturated heterocycles. The molecule has 0 aliphatic carbocycles. The van der Waals surface area contributed by atoms with Crippen LogP contribution in [0.3, 0.4) is 0 Å². The first-order chi connectivity index (χ1) is 49.2. The lowest BCUT2D eigenvalue weighted by molar-refractivity contribution is -0.161. The van der Waals surface area contributed by atoms with E-state index in [0.29, 0.717) is 19.3 Å². The van der Waals surface area contributed by atoms with Crippen LogP contribution in [0.15, 0.2) is 170 Å². The van der Waals surface area contributed by atoms with E-state index in [-0.39, 0.29) is 19.3 Å². The molecule has 0 fully saturated rings. The number of phosphoric acid groups is 2. The number of hydrogen-bond donors (Lipinski definition) is 4. The highest BCUT2D eigenvalue weighted by Gasteiger charge is 2.29. The number of aliphatic hydroxyl groups excluding tert-OH is 2. The van der Waals surface area contributed by atoms with Crippen molar-refractivity contribution in [2.75, 3.05) is 39.6 Å². The van der Waals surface area contributed by atoms with Gasteiger partial charge in [0, 0.05) is 19.3 Å². The summed E-state index contributed by atoms with van der Waals surface area (Å²) in [6.07, 6.45) is 93.9. The fourth-order valence-electron chi connectivity index (χ4n) is 9.67. The second kappa shape index (κ2) is 74.6. The fraction of sp³-hybridized carbons (Fsp3) is 0.627. The van der Waals surface area contributed by atoms with Crippen LogP contribution in [0, 0.1) is 0 Å². The molecule has 0 aliphatic heterocycles. The van der Waals surface area contributed by atoms with Gasteiger partial charge in [0.2, 0.25) is 0 Å². The molecule has 0 aromatic heterocycles. The molecule has 0 rings (SSSR count). The van der Waals surface area contributed by atoms with Gasteiger partial charge >= 0.3 is 33.6 Å². The van der Waals surface area contributed by atoms with Crippen LogP contribution in [-0.4, -0.2) is 95.9 Å². The van der Waals surface area contributed by atoms with Gasteiger partial charge in [-0.25, -0.2) is 9.13 Å². The Bertz CT molecular complexity index is 2520. The smallest absolute Gasteiger partial charge is 0.463 e. The van der Waals surface area contributed by atoms with Gasteiger partial charge in [-0.1, -0.05) is 281 Å². The molecule has 0 radical (unpaired) electrons. The Kier molecular flexibility index (Phi) is 70.9. The fourth-order valence-corrected chi connectivity index (χ4v) is 11.3. The standard InChI is InChI=1S/C83H136O16P2/c1-4-7-10-13-16-19-22-25-28-30-32-34-36-38-40-42-44-46-49-51-54-57-60-63-66-69-81(86)93-72-78(84)73-95-100(89,90)96-74-79(85)75-97-101(91,92)98-77-80(99-83(88)71-68-65-62-59-56-53-48-27-24-21-18-15-12-9-6-3)76-94-82(87)70-67-64-61-58-55-52-50-47-45-43-41-39-37-35-33-31-29-26-23-20-17-14-11-8-5-2/h7-12,16-21,25-29,32-35,38-41,44,46,48,78-80,84-85H,4-6,13-15,22-24,30-31,36-37,42-43,45,47,49-77H2,1-3H3,(H,89,90)(H,91,92)/b10-7-,11-8-,12-9-,19-16-,20-17-,21-18-,28-25-,29-26-,34-32-,35-33-,40-38-,41-39-,46-44-,48-27-. The molecule has 16 nitrogen and oxygen atoms in total. The van der Waals surface area contributed by atoms with Crippen LogP contribution in [0.5, 0.6) is 0 Å². The number of allylic oxidation sites excluding steroid dienone is 28. The van der Waals surface area contributed by atoms with Crippen LogP contribution in [0.4, 0.5) is 0 Å². The zero-order valence-corrected chi connectivity index (χ0v) is 64.3. The molecule has 0 heterocycles. The van der Waals surface area contributed by atoms with Gasteiger partial charge in [-0.15, -0.1) is 0 Å². The lowest BCUT2D eigenvalue weighted by Gasteiger charge is -2.21. The third kappa shape index (κ3) is 75.9. The molecule has 0 amide bonds. The number of carbonyl (C=O) groups is 3. The number of carbonyl (C=O) groups excluding carboxylic acids is 3. The van der Waals surface area contributed by atoms with Crippen molar-refractivity contribution in [3.05, 3.63) is 170 Å². The summed E-state index contributed by atoms with van der Waals surface area (Å²) in [5.41, 5.74) is 0. The highest BCUT2D eigenvalue weighted by atomic mass is 31.2. The van der Waals surface area contributed by atoms with Gasteiger partial charge in [-0.05, 0) is 148 Å². The van der Waals surface area contributed by atoms with E-state index in [2.05, 4.69) is 191 Å². The van der Waals surface area contributed by atoms with E-state index in [4.69, 9.17) is 32.3 Å². The Hall–Kier alpha value is -5.09. The number of hydrogen-bond acceptors (Lipinski definition) is 14. The van der Waals surface area contributed by atoms with Crippen molar-refractivity contribution in [1.29, 1.82) is 0 Å². The number of rotatable bonds is 71. The SMILES string of the molecule is CC/C=C\C/C=C\C/C=C\C/C=C\C/C=C\C/C=C\CCCCCCCCC(=O)OCC(O)COP(=O)(O)OCC(O)COP(=O)(O)OCC(COC(=O)CCCCCCCCCCC/C=C\C/C=C\C/C=C\C/C=C\C/C=C\CC)OC(=O)CCCCCCC/C=C\C/C=C\C/C=C\CC. The van der Waals surface area contributed by atoms with Gasteiger partial charge in [-0.2, -0.15) is 0 Å². The molecule has 0 aromatic rings. The van der Waals surface area contributed by atoms with Gasteiger partial charge < -0.3 is 34.2 Å². The molecule has 0 saturated carbocycles. The Labute approximate surface area is 612 Å². The lowest BCUT2D eigenvalue weighted by atomic mass is 10.1. The molecule has 0 aliphatic rings. The molecule has 0 bridgehead atoms. The number of unbranched alkanes of at least 4 members (excludes halogenated alkanes) is 20. The summed E-state index contributed by atoms with van der Waals surface area (Å²) in [6, 6.07) is 0. The molecule has 5 unspecified atom stereocenters. The summed E-state index contributed by atoms with van der Waals surface area (Å²) in [6.45, 7) is 2.28. The summed E-state index contributed by atoms with van der Waals surface area (Å²) < 4.78 is 61.1. The normalized spacial score (nSPS) is 15.0. The Balaban J connectivity index is 4.65. The molecule has 574 valence electrons. The average molecular weight is 1450 g/mol. The minimum atomic E-state index is -4.94. The van der Waals surface area contributed by atoms with Crippen molar-refractivity contribution in [3.8, 4) is 0 Å². The zero-order chi connectivity index (χ0) is 73.7. The second-order valence-electron chi connectivity index (χ2n) is 25.0. The maximum Gasteiger partial charge on any atom is 0.472 e. The Morgan fingerprint density at radius 2 is 0.495 bits per heavy atom. The van der Waals surface area contributed by atoms with Crippen LogP contribution in [0.25, 0.3) is 0 Å². The highest BCUT2D eigenvalue weighted by molar-refractivity contribution is 7.47. The number of ether oxygens (including phenoxy) is 3. The molecular weight excluding hydrogens is 1310 g/mol. The maximum atomic E-state index is 13.0. The first-order valence-electron chi connectivity index (χ1n) is 38.4. The van der Waals surface area contributed by atoms with Crippen molar-refractivity contribution >= 4 is 33.6 Å². The largest absolute Gasteiger partial charge is 0.472 e. The van der Waals surface area contributed by atoms with Gasteiger partial charge in [-0.3, -0.25) is 32.5 Å². The van der Waals surface area contributed by atoms with E-state index in [0.717, 1.165) is 193 Å². The van der Waals surface area contributed by atoms with E-state index < -0.39 is 91.5 Å². The zero-order valence-electron chi connectivity index (χ0n) is 62.5. The Morgan fingerprint density at radius 3 is 0.782 bits per heavy atom. The van der Waals surface area contributed by atoms with Crippen LogP contribution < -0.4 is 0 Å². The number of aliphatic hydroxyl groups is 2. The van der Waals surface area contributed by atoms with Crippen LogP contribution in [-0.2, 0) is 55.8 Å². The van der Waals surface area contributed by atoms with E-state index >= 15 is 0 Å². The van der Waals surface area contributed by atoms with Gasteiger partial charge in [0.1, 0.15) is 25.4 Å². The van der Waals surface area contributed by atoms with Crippen LogP contribution in [0.2, 0.25) is 0 Å². The van der Waals surface area contributed by atoms with Crippen molar-refractivity contribution < 1.29 is 75.8 Å². The van der Waals surface area contributed by atoms with E-state index in [1.807, 2.05) is 0 Å². The predicted molar refractivity (Wildman–Crippen MR) is 417 cm³/mol. The second-order valence-corrected chi connectivity index (χ2v) is 27.9. The average Bonchev–Trinajstić information content (AvgIpc) is 1.19. The van der Waals surface area contributed by atoms with Crippen molar-refractivity contribution in [2.24, 2.45) is 0 Å². The molecular formula is C83H136O16P2. The molecule has 0 spiro atoms.